The molecule has 3 aliphatic rings. The van der Waals surface area contributed by atoms with E-state index in [0.717, 1.165) is 49.7 Å². The number of ether oxygens (including phenoxy) is 3. The number of carbonyl (C=O) groups is 3. The summed E-state index contributed by atoms with van der Waals surface area (Å²) in [4.78, 5) is 41.0. The molecule has 0 aromatic heterocycles. The van der Waals surface area contributed by atoms with Gasteiger partial charge in [0.25, 0.3) is 5.91 Å². The predicted octanol–water partition coefficient (Wildman–Crippen LogP) is 1.92. The van der Waals surface area contributed by atoms with Gasteiger partial charge in [-0.3, -0.25) is 24.6 Å². The van der Waals surface area contributed by atoms with Gasteiger partial charge in [-0.1, -0.05) is 18.2 Å². The van der Waals surface area contributed by atoms with Crippen molar-refractivity contribution in [1.82, 2.24) is 15.1 Å². The van der Waals surface area contributed by atoms with Crippen molar-refractivity contribution in [3.8, 4) is 5.75 Å². The van der Waals surface area contributed by atoms with Gasteiger partial charge in [0.15, 0.2) is 0 Å². The maximum Gasteiger partial charge on any atom is 0.255 e. The number of anilines is 1. The van der Waals surface area contributed by atoms with Crippen LogP contribution in [0.4, 0.5) is 5.69 Å². The Balaban J connectivity index is 1.29. The fraction of sp³-hybridized carbons (Fsp3) is 0.464. The number of nitrogens with one attached hydrogen (secondary N) is 2. The smallest absolute Gasteiger partial charge is 0.255 e. The third-order valence-electron chi connectivity index (χ3n) is 7.23. The summed E-state index contributed by atoms with van der Waals surface area (Å²) in [6.45, 7) is 6.08. The van der Waals surface area contributed by atoms with Crippen molar-refractivity contribution in [3.63, 3.8) is 0 Å². The van der Waals surface area contributed by atoms with Crippen molar-refractivity contribution in [2.24, 2.45) is 0 Å². The molecular weight excluding hydrogens is 488 g/mol. The number of fused-ring (bicyclic) bond motifs is 1. The van der Waals surface area contributed by atoms with Gasteiger partial charge >= 0.3 is 0 Å². The first kappa shape index (κ1) is 26.1. The molecule has 0 radical (unpaired) electrons. The third kappa shape index (κ3) is 5.82. The Morgan fingerprint density at radius 1 is 1.13 bits per heavy atom. The van der Waals surface area contributed by atoms with Crippen LogP contribution in [0.5, 0.6) is 5.75 Å². The second-order valence-electron chi connectivity index (χ2n) is 9.77. The Hall–Kier alpha value is -3.47. The van der Waals surface area contributed by atoms with E-state index in [0.29, 0.717) is 37.5 Å². The third-order valence-corrected chi connectivity index (χ3v) is 7.23. The first-order valence-corrected chi connectivity index (χ1v) is 13.1. The van der Waals surface area contributed by atoms with Gasteiger partial charge in [0.2, 0.25) is 11.8 Å². The minimum atomic E-state index is -0.653. The minimum Gasteiger partial charge on any atom is -0.489 e. The van der Waals surface area contributed by atoms with Crippen LogP contribution in [-0.4, -0.2) is 80.1 Å². The summed E-state index contributed by atoms with van der Waals surface area (Å²) in [5.74, 6) is -0.309. The summed E-state index contributed by atoms with van der Waals surface area (Å²) < 4.78 is 16.9. The van der Waals surface area contributed by atoms with E-state index in [-0.39, 0.29) is 24.8 Å². The van der Waals surface area contributed by atoms with Crippen molar-refractivity contribution in [2.45, 2.75) is 38.6 Å². The second-order valence-corrected chi connectivity index (χ2v) is 9.77. The summed E-state index contributed by atoms with van der Waals surface area (Å²) >= 11 is 0. The molecule has 1 atom stereocenters. The average Bonchev–Trinajstić information content (AvgIpc) is 3.26. The van der Waals surface area contributed by atoms with Crippen molar-refractivity contribution in [1.29, 1.82) is 0 Å². The number of carbonyl (C=O) groups excluding carboxylic acids is 3. The minimum absolute atomic E-state index is 0.211. The average molecular weight is 523 g/mol. The van der Waals surface area contributed by atoms with E-state index in [1.807, 2.05) is 6.07 Å². The fourth-order valence-corrected chi connectivity index (χ4v) is 5.16. The molecule has 3 amide bonds. The Kier molecular flexibility index (Phi) is 8.21. The second kappa shape index (κ2) is 11.9. The van der Waals surface area contributed by atoms with E-state index in [2.05, 4.69) is 33.7 Å². The number of imide groups is 1. The number of amides is 3. The molecule has 0 spiro atoms. The summed E-state index contributed by atoms with van der Waals surface area (Å²) in [5, 5.41) is 5.83. The Morgan fingerprint density at radius 2 is 1.97 bits per heavy atom. The molecule has 3 aliphatic heterocycles. The van der Waals surface area contributed by atoms with Gasteiger partial charge in [0.05, 0.1) is 26.4 Å². The number of morpholine rings is 1. The number of hydrogen-bond acceptors (Lipinski definition) is 8. The standard InChI is InChI=1S/C28H34N4O6/c1-36-12-9-29-23-15-19(5-6-20(23)16-31-10-13-37-14-11-31)18-38-25-4-2-3-21-22(25)17-32(28(21)35)24-7-8-26(33)30-27(24)34/h2-6,15,24,29H,7-14,16-18H2,1H3,(H,30,33,34)/t24-/m0/s1. The molecule has 5 rings (SSSR count). The normalized spacial score (nSPS) is 19.9. The van der Waals surface area contributed by atoms with Crippen molar-refractivity contribution < 1.29 is 28.6 Å². The summed E-state index contributed by atoms with van der Waals surface area (Å²) in [5.41, 5.74) is 4.56. The molecule has 2 aromatic rings. The van der Waals surface area contributed by atoms with Gasteiger partial charge in [0, 0.05) is 56.5 Å². The Bertz CT molecular complexity index is 1200. The summed E-state index contributed by atoms with van der Waals surface area (Å²) in [6, 6.07) is 11.1. The van der Waals surface area contributed by atoms with Crippen LogP contribution in [0.15, 0.2) is 36.4 Å². The molecule has 38 heavy (non-hydrogen) atoms. The van der Waals surface area contributed by atoms with E-state index in [1.54, 1.807) is 19.2 Å². The van der Waals surface area contributed by atoms with Crippen molar-refractivity contribution in [3.05, 3.63) is 58.7 Å². The zero-order chi connectivity index (χ0) is 26.5. The maximum atomic E-state index is 13.1. The highest BCUT2D eigenvalue weighted by atomic mass is 16.5. The molecule has 10 nitrogen and oxygen atoms in total. The SMILES string of the molecule is COCCNc1cc(COc2cccc3c2CN([C@H]2CCC(=O)NC2=O)C3=O)ccc1CN1CCOCC1. The Labute approximate surface area is 222 Å². The first-order chi connectivity index (χ1) is 18.5. The van der Waals surface area contributed by atoms with E-state index < -0.39 is 11.9 Å². The maximum absolute atomic E-state index is 13.1. The Morgan fingerprint density at radius 3 is 2.76 bits per heavy atom. The highest BCUT2D eigenvalue weighted by molar-refractivity contribution is 6.05. The molecule has 10 heteroatoms. The monoisotopic (exact) mass is 522 g/mol. The van der Waals surface area contributed by atoms with Crippen LogP contribution in [0.3, 0.4) is 0 Å². The highest BCUT2D eigenvalue weighted by Crippen LogP contribution is 2.34. The van der Waals surface area contributed by atoms with Crippen LogP contribution in [0.1, 0.15) is 39.9 Å². The van der Waals surface area contributed by atoms with E-state index in [1.165, 1.54) is 10.5 Å². The zero-order valence-corrected chi connectivity index (χ0v) is 21.7. The molecule has 0 saturated carbocycles. The quantitative estimate of drug-likeness (QED) is 0.360. The van der Waals surface area contributed by atoms with Crippen molar-refractivity contribution >= 4 is 23.4 Å². The fourth-order valence-electron chi connectivity index (χ4n) is 5.16. The van der Waals surface area contributed by atoms with Gasteiger partial charge in [-0.25, -0.2) is 0 Å². The number of benzene rings is 2. The van der Waals surface area contributed by atoms with Crippen LogP contribution in [0.25, 0.3) is 0 Å². The molecule has 2 saturated heterocycles. The van der Waals surface area contributed by atoms with Crippen LogP contribution < -0.4 is 15.4 Å². The molecule has 202 valence electrons. The number of piperidine rings is 1. The van der Waals surface area contributed by atoms with Gasteiger partial charge in [0.1, 0.15) is 18.4 Å². The zero-order valence-electron chi connectivity index (χ0n) is 21.7. The van der Waals surface area contributed by atoms with Gasteiger partial charge in [-0.2, -0.15) is 0 Å². The van der Waals surface area contributed by atoms with Gasteiger partial charge < -0.3 is 24.4 Å². The molecule has 3 heterocycles. The molecular formula is C28H34N4O6. The molecule has 0 aliphatic carbocycles. The summed E-state index contributed by atoms with van der Waals surface area (Å²) in [6.07, 6.45) is 0.554. The number of methoxy groups -OCH3 is 1. The van der Waals surface area contributed by atoms with E-state index in [9.17, 15) is 14.4 Å². The first-order valence-electron chi connectivity index (χ1n) is 13.1. The molecule has 2 fully saturated rings. The van der Waals surface area contributed by atoms with E-state index in [4.69, 9.17) is 14.2 Å². The lowest BCUT2D eigenvalue weighted by molar-refractivity contribution is -0.136. The van der Waals surface area contributed by atoms with Crippen LogP contribution in [0.2, 0.25) is 0 Å². The van der Waals surface area contributed by atoms with Crippen LogP contribution in [0, 0.1) is 0 Å². The van der Waals surface area contributed by atoms with Gasteiger partial charge in [-0.05, 0) is 35.7 Å². The number of nitrogens with zero attached hydrogens (tertiary/aromatic N) is 2. The highest BCUT2D eigenvalue weighted by Gasteiger charge is 2.40. The van der Waals surface area contributed by atoms with Gasteiger partial charge in [-0.15, -0.1) is 0 Å². The number of hydrogen-bond donors (Lipinski definition) is 2. The molecule has 0 unspecified atom stereocenters. The van der Waals surface area contributed by atoms with Crippen LogP contribution in [-0.2, 0) is 38.8 Å². The van der Waals surface area contributed by atoms with Crippen molar-refractivity contribution in [2.75, 3.05) is 51.9 Å². The number of rotatable bonds is 10. The largest absolute Gasteiger partial charge is 0.489 e. The van der Waals surface area contributed by atoms with Crippen LogP contribution >= 0.6 is 0 Å². The molecule has 2 N–H and O–H groups in total. The lowest BCUT2D eigenvalue weighted by Crippen LogP contribution is -2.52. The summed E-state index contributed by atoms with van der Waals surface area (Å²) in [7, 11) is 1.69. The lowest BCUT2D eigenvalue weighted by atomic mass is 10.0. The molecule has 2 aromatic carbocycles. The topological polar surface area (TPSA) is 109 Å². The predicted molar refractivity (Wildman–Crippen MR) is 140 cm³/mol. The lowest BCUT2D eigenvalue weighted by Gasteiger charge is -2.29. The molecule has 0 bridgehead atoms. The van der Waals surface area contributed by atoms with E-state index >= 15 is 0 Å².